The molecule has 0 saturated heterocycles. The van der Waals surface area contributed by atoms with E-state index in [0.29, 0.717) is 30.2 Å². The van der Waals surface area contributed by atoms with Crippen molar-refractivity contribution < 1.29 is 13.9 Å². The summed E-state index contributed by atoms with van der Waals surface area (Å²) >= 11 is 3.43. The molecular weight excluding hydrogens is 409 g/mol. The van der Waals surface area contributed by atoms with Crippen LogP contribution in [0.2, 0.25) is 0 Å². The van der Waals surface area contributed by atoms with E-state index in [4.69, 9.17) is 9.47 Å². The Labute approximate surface area is 167 Å². The predicted octanol–water partition coefficient (Wildman–Crippen LogP) is 6.18. The van der Waals surface area contributed by atoms with Gasteiger partial charge in [-0.25, -0.2) is 4.39 Å². The number of hydrogen-bond donors (Lipinski definition) is 1. The van der Waals surface area contributed by atoms with Gasteiger partial charge in [0.1, 0.15) is 12.4 Å². The molecular formula is C22H21BrFNO2. The number of halogens is 2. The highest BCUT2D eigenvalue weighted by atomic mass is 79.9. The van der Waals surface area contributed by atoms with E-state index in [1.54, 1.807) is 18.2 Å². The van der Waals surface area contributed by atoms with Gasteiger partial charge in [0, 0.05) is 27.8 Å². The van der Waals surface area contributed by atoms with Crippen molar-refractivity contribution in [2.75, 3.05) is 11.9 Å². The van der Waals surface area contributed by atoms with Crippen LogP contribution in [0.1, 0.15) is 18.1 Å². The first-order chi connectivity index (χ1) is 13.2. The maximum Gasteiger partial charge on any atom is 0.166 e. The molecule has 140 valence electrons. The van der Waals surface area contributed by atoms with Gasteiger partial charge in [-0.15, -0.1) is 0 Å². The first kappa shape index (κ1) is 19.2. The monoisotopic (exact) mass is 429 g/mol. The largest absolute Gasteiger partial charge is 0.490 e. The maximum atomic E-state index is 13.9. The lowest BCUT2D eigenvalue weighted by Gasteiger charge is -2.17. The molecule has 0 fully saturated rings. The number of para-hydroxylation sites is 1. The zero-order chi connectivity index (χ0) is 19.1. The molecule has 1 N–H and O–H groups in total. The fraction of sp³-hybridized carbons (Fsp3) is 0.182. The summed E-state index contributed by atoms with van der Waals surface area (Å²) in [4.78, 5) is 0. The molecule has 0 aliphatic rings. The molecule has 0 amide bonds. The SMILES string of the molecule is CCOc1cccc(CNc2ccc(Br)cc2)c1OCc1ccccc1F. The first-order valence-electron chi connectivity index (χ1n) is 8.77. The van der Waals surface area contributed by atoms with E-state index in [9.17, 15) is 4.39 Å². The van der Waals surface area contributed by atoms with Crippen LogP contribution in [-0.2, 0) is 13.2 Å². The second-order valence-electron chi connectivity index (χ2n) is 5.92. The Morgan fingerprint density at radius 2 is 1.63 bits per heavy atom. The van der Waals surface area contributed by atoms with Gasteiger partial charge in [-0.05, 0) is 43.3 Å². The number of hydrogen-bond acceptors (Lipinski definition) is 3. The average Bonchev–Trinajstić information content (AvgIpc) is 2.68. The molecule has 0 heterocycles. The highest BCUT2D eigenvalue weighted by Crippen LogP contribution is 2.33. The highest BCUT2D eigenvalue weighted by molar-refractivity contribution is 9.10. The second-order valence-corrected chi connectivity index (χ2v) is 6.83. The standard InChI is InChI=1S/C22H21BrFNO2/c1-2-26-21-9-5-7-16(14-25-19-12-10-18(23)11-13-19)22(21)27-15-17-6-3-4-8-20(17)24/h3-13,25H,2,14-15H2,1H3. The van der Waals surface area contributed by atoms with Crippen LogP contribution in [0.25, 0.3) is 0 Å². The molecule has 0 atom stereocenters. The Morgan fingerprint density at radius 3 is 2.37 bits per heavy atom. The average molecular weight is 430 g/mol. The van der Waals surface area contributed by atoms with Crippen LogP contribution >= 0.6 is 15.9 Å². The van der Waals surface area contributed by atoms with Crippen molar-refractivity contribution in [3.8, 4) is 11.5 Å². The van der Waals surface area contributed by atoms with Crippen molar-refractivity contribution in [3.63, 3.8) is 0 Å². The molecule has 5 heteroatoms. The molecule has 3 rings (SSSR count). The van der Waals surface area contributed by atoms with E-state index in [0.717, 1.165) is 15.7 Å². The van der Waals surface area contributed by atoms with E-state index in [2.05, 4.69) is 21.2 Å². The molecule has 27 heavy (non-hydrogen) atoms. The highest BCUT2D eigenvalue weighted by Gasteiger charge is 2.12. The Bertz CT molecular complexity index is 884. The lowest BCUT2D eigenvalue weighted by Crippen LogP contribution is -2.06. The summed E-state index contributed by atoms with van der Waals surface area (Å²) in [6.07, 6.45) is 0. The molecule has 0 aromatic heterocycles. The molecule has 0 aliphatic carbocycles. The van der Waals surface area contributed by atoms with Crippen molar-refractivity contribution in [3.05, 3.63) is 88.1 Å². The Morgan fingerprint density at radius 1 is 0.889 bits per heavy atom. The second kappa shape index (κ2) is 9.42. The lowest BCUT2D eigenvalue weighted by molar-refractivity contribution is 0.263. The normalized spacial score (nSPS) is 10.5. The number of rotatable bonds is 8. The van der Waals surface area contributed by atoms with Gasteiger partial charge in [-0.1, -0.05) is 46.3 Å². The van der Waals surface area contributed by atoms with Crippen molar-refractivity contribution in [1.82, 2.24) is 0 Å². The van der Waals surface area contributed by atoms with Gasteiger partial charge in [0.25, 0.3) is 0 Å². The Balaban J connectivity index is 1.79. The van der Waals surface area contributed by atoms with Crippen molar-refractivity contribution >= 4 is 21.6 Å². The summed E-state index contributed by atoms with van der Waals surface area (Å²) in [5, 5.41) is 3.38. The number of benzene rings is 3. The van der Waals surface area contributed by atoms with Gasteiger partial charge in [0.15, 0.2) is 11.5 Å². The number of anilines is 1. The van der Waals surface area contributed by atoms with Crippen molar-refractivity contribution in [2.24, 2.45) is 0 Å². The molecule has 3 aromatic carbocycles. The quantitative estimate of drug-likeness (QED) is 0.463. The van der Waals surface area contributed by atoms with Gasteiger partial charge in [-0.2, -0.15) is 0 Å². The van der Waals surface area contributed by atoms with E-state index in [1.165, 1.54) is 6.07 Å². The first-order valence-corrected chi connectivity index (χ1v) is 9.57. The summed E-state index contributed by atoms with van der Waals surface area (Å²) in [5.41, 5.74) is 2.45. The topological polar surface area (TPSA) is 30.5 Å². The Hall–Kier alpha value is -2.53. The lowest BCUT2D eigenvalue weighted by atomic mass is 10.1. The van der Waals surface area contributed by atoms with Gasteiger partial charge in [0.05, 0.1) is 6.61 Å². The van der Waals surface area contributed by atoms with Gasteiger partial charge in [0.2, 0.25) is 0 Å². The summed E-state index contributed by atoms with van der Waals surface area (Å²) in [6.45, 7) is 3.16. The van der Waals surface area contributed by atoms with Crippen LogP contribution in [0.5, 0.6) is 11.5 Å². The molecule has 0 bridgehead atoms. The van der Waals surface area contributed by atoms with Gasteiger partial charge >= 0.3 is 0 Å². The van der Waals surface area contributed by atoms with Gasteiger partial charge in [-0.3, -0.25) is 0 Å². The molecule has 0 unspecified atom stereocenters. The zero-order valence-electron chi connectivity index (χ0n) is 15.0. The summed E-state index contributed by atoms with van der Waals surface area (Å²) < 4.78 is 26.6. The van der Waals surface area contributed by atoms with Crippen molar-refractivity contribution in [2.45, 2.75) is 20.1 Å². The summed E-state index contributed by atoms with van der Waals surface area (Å²) in [7, 11) is 0. The predicted molar refractivity (Wildman–Crippen MR) is 110 cm³/mol. The minimum Gasteiger partial charge on any atom is -0.490 e. The van der Waals surface area contributed by atoms with Crippen molar-refractivity contribution in [1.29, 1.82) is 0 Å². The molecule has 3 nitrogen and oxygen atoms in total. The van der Waals surface area contributed by atoms with E-state index < -0.39 is 0 Å². The van der Waals surface area contributed by atoms with Crippen LogP contribution in [0.3, 0.4) is 0 Å². The van der Waals surface area contributed by atoms with Crippen LogP contribution in [0, 0.1) is 5.82 Å². The van der Waals surface area contributed by atoms with Crippen LogP contribution < -0.4 is 14.8 Å². The van der Waals surface area contributed by atoms with E-state index >= 15 is 0 Å². The minimum atomic E-state index is -0.277. The fourth-order valence-electron chi connectivity index (χ4n) is 2.66. The molecule has 0 spiro atoms. The fourth-order valence-corrected chi connectivity index (χ4v) is 2.93. The molecule has 0 aliphatic heterocycles. The maximum absolute atomic E-state index is 13.9. The van der Waals surface area contributed by atoms with Crippen LogP contribution in [-0.4, -0.2) is 6.61 Å². The van der Waals surface area contributed by atoms with Gasteiger partial charge < -0.3 is 14.8 Å². The third-order valence-corrected chi connectivity index (χ3v) is 4.55. The number of nitrogens with one attached hydrogen (secondary N) is 1. The third kappa shape index (κ3) is 5.23. The smallest absolute Gasteiger partial charge is 0.166 e. The molecule has 3 aromatic rings. The van der Waals surface area contributed by atoms with Crippen LogP contribution in [0.4, 0.5) is 10.1 Å². The summed E-state index contributed by atoms with van der Waals surface area (Å²) in [6, 6.07) is 20.3. The van der Waals surface area contributed by atoms with Crippen LogP contribution in [0.15, 0.2) is 71.2 Å². The van der Waals surface area contributed by atoms with E-state index in [1.807, 2.05) is 49.4 Å². The zero-order valence-corrected chi connectivity index (χ0v) is 16.6. The van der Waals surface area contributed by atoms with E-state index in [-0.39, 0.29) is 12.4 Å². The third-order valence-electron chi connectivity index (χ3n) is 4.02. The number of ether oxygens (including phenoxy) is 2. The molecule has 0 saturated carbocycles. The minimum absolute atomic E-state index is 0.141. The summed E-state index contributed by atoms with van der Waals surface area (Å²) in [5.74, 6) is 1.01. The molecule has 0 radical (unpaired) electrons. The Kier molecular flexibility index (Phi) is 6.71.